The molecule has 0 bridgehead atoms. The highest BCUT2D eigenvalue weighted by Gasteiger charge is 2.11. The lowest BCUT2D eigenvalue weighted by Crippen LogP contribution is -2.24. The Morgan fingerprint density at radius 2 is 2.32 bits per heavy atom. The number of H-pyrrole nitrogens is 1. The Labute approximate surface area is 113 Å². The monoisotopic (exact) mass is 278 g/mol. The number of thiazole rings is 1. The highest BCUT2D eigenvalue weighted by molar-refractivity contribution is 7.07. The van der Waals surface area contributed by atoms with Crippen molar-refractivity contribution in [3.8, 4) is 0 Å². The van der Waals surface area contributed by atoms with Crippen molar-refractivity contribution in [3.63, 3.8) is 0 Å². The van der Waals surface area contributed by atoms with E-state index < -0.39 is 0 Å². The number of hydrogen-bond acceptors (Lipinski definition) is 5. The SMILES string of the molecule is CNc1cc(C)ncc1C(=O)NCc1csc(=O)[nH]1. The minimum atomic E-state index is -0.233. The molecule has 0 aliphatic carbocycles. The quantitative estimate of drug-likeness (QED) is 0.782. The van der Waals surface area contributed by atoms with Crippen LogP contribution in [0.2, 0.25) is 0 Å². The molecule has 0 aliphatic rings. The molecule has 0 fully saturated rings. The number of aryl methyl sites for hydroxylation is 1. The summed E-state index contributed by atoms with van der Waals surface area (Å²) in [4.78, 5) is 29.6. The fourth-order valence-corrected chi connectivity index (χ4v) is 2.20. The van der Waals surface area contributed by atoms with Crippen LogP contribution in [0.3, 0.4) is 0 Å². The van der Waals surface area contributed by atoms with E-state index in [0.717, 1.165) is 22.7 Å². The number of aromatic nitrogens is 2. The van der Waals surface area contributed by atoms with Crippen LogP contribution in [-0.4, -0.2) is 22.9 Å². The van der Waals surface area contributed by atoms with Gasteiger partial charge in [0.05, 0.1) is 17.8 Å². The van der Waals surface area contributed by atoms with E-state index >= 15 is 0 Å². The van der Waals surface area contributed by atoms with E-state index in [0.29, 0.717) is 11.3 Å². The van der Waals surface area contributed by atoms with Crippen LogP contribution in [0, 0.1) is 6.92 Å². The number of carbonyl (C=O) groups is 1. The first-order chi connectivity index (χ1) is 9.10. The van der Waals surface area contributed by atoms with Gasteiger partial charge in [-0.1, -0.05) is 11.3 Å². The zero-order chi connectivity index (χ0) is 13.8. The summed E-state index contributed by atoms with van der Waals surface area (Å²) in [6, 6.07) is 1.81. The molecule has 0 saturated carbocycles. The number of amides is 1. The molecule has 2 aromatic rings. The van der Waals surface area contributed by atoms with E-state index in [1.807, 2.05) is 6.92 Å². The first-order valence-electron chi connectivity index (χ1n) is 5.69. The number of aromatic amines is 1. The van der Waals surface area contributed by atoms with E-state index in [2.05, 4.69) is 20.6 Å². The number of hydrogen-bond donors (Lipinski definition) is 3. The van der Waals surface area contributed by atoms with Gasteiger partial charge in [-0.05, 0) is 13.0 Å². The number of rotatable bonds is 4. The highest BCUT2D eigenvalue weighted by Crippen LogP contribution is 2.14. The summed E-state index contributed by atoms with van der Waals surface area (Å²) in [5, 5.41) is 7.39. The molecule has 0 aromatic carbocycles. The Morgan fingerprint density at radius 1 is 1.53 bits per heavy atom. The zero-order valence-electron chi connectivity index (χ0n) is 10.6. The Kier molecular flexibility index (Phi) is 3.96. The normalized spacial score (nSPS) is 10.2. The Balaban J connectivity index is 2.09. The van der Waals surface area contributed by atoms with Crippen LogP contribution in [0.4, 0.5) is 5.69 Å². The maximum absolute atomic E-state index is 12.0. The maximum Gasteiger partial charge on any atom is 0.304 e. The van der Waals surface area contributed by atoms with Crippen molar-refractivity contribution >= 4 is 22.9 Å². The first kappa shape index (κ1) is 13.3. The Hall–Kier alpha value is -2.15. The standard InChI is InChI=1S/C12H14N4O2S/c1-7-3-10(13-2)9(5-14-7)11(17)15-4-8-6-19-12(18)16-8/h3,5-6H,4H2,1-2H3,(H,13,14)(H,15,17)(H,16,18). The van der Waals surface area contributed by atoms with Gasteiger partial charge in [0.1, 0.15) is 0 Å². The molecule has 1 amide bonds. The van der Waals surface area contributed by atoms with Gasteiger partial charge in [-0.15, -0.1) is 0 Å². The lowest BCUT2D eigenvalue weighted by molar-refractivity contribution is 0.0951. The third-order valence-corrected chi connectivity index (χ3v) is 3.28. The molecule has 0 aliphatic heterocycles. The topological polar surface area (TPSA) is 86.9 Å². The van der Waals surface area contributed by atoms with Crippen molar-refractivity contribution < 1.29 is 4.79 Å². The van der Waals surface area contributed by atoms with Crippen molar-refractivity contribution in [1.82, 2.24) is 15.3 Å². The molecule has 3 N–H and O–H groups in total. The summed E-state index contributed by atoms with van der Waals surface area (Å²) in [7, 11) is 1.75. The minimum absolute atomic E-state index is 0.128. The van der Waals surface area contributed by atoms with E-state index in [4.69, 9.17) is 0 Å². The molecule has 2 heterocycles. The summed E-state index contributed by atoms with van der Waals surface area (Å²) >= 11 is 1.07. The van der Waals surface area contributed by atoms with Gasteiger partial charge in [0.15, 0.2) is 0 Å². The number of nitrogens with one attached hydrogen (secondary N) is 3. The molecule has 2 rings (SSSR count). The number of pyridine rings is 1. The molecule has 6 nitrogen and oxygen atoms in total. The molecule has 0 saturated heterocycles. The summed E-state index contributed by atoms with van der Waals surface area (Å²) in [5.74, 6) is -0.233. The van der Waals surface area contributed by atoms with E-state index in [1.165, 1.54) is 6.20 Å². The average Bonchev–Trinajstić information content (AvgIpc) is 2.81. The summed E-state index contributed by atoms with van der Waals surface area (Å²) < 4.78 is 0. The Bertz CT molecular complexity index is 647. The van der Waals surface area contributed by atoms with Crippen LogP contribution < -0.4 is 15.5 Å². The van der Waals surface area contributed by atoms with Crippen molar-refractivity contribution in [2.24, 2.45) is 0 Å². The predicted molar refractivity (Wildman–Crippen MR) is 74.6 cm³/mol. The van der Waals surface area contributed by atoms with E-state index in [1.54, 1.807) is 18.5 Å². The lowest BCUT2D eigenvalue weighted by Gasteiger charge is -2.09. The lowest BCUT2D eigenvalue weighted by atomic mass is 10.2. The van der Waals surface area contributed by atoms with Crippen LogP contribution in [0.25, 0.3) is 0 Å². The van der Waals surface area contributed by atoms with Crippen molar-refractivity contribution in [1.29, 1.82) is 0 Å². The van der Waals surface area contributed by atoms with Gasteiger partial charge < -0.3 is 15.6 Å². The molecule has 0 radical (unpaired) electrons. The third-order valence-electron chi connectivity index (χ3n) is 2.56. The van der Waals surface area contributed by atoms with Gasteiger partial charge in [0.25, 0.3) is 5.91 Å². The predicted octanol–water partition coefficient (Wildman–Crippen LogP) is 1.11. The van der Waals surface area contributed by atoms with Crippen LogP contribution in [-0.2, 0) is 6.54 Å². The largest absolute Gasteiger partial charge is 0.387 e. The molecule has 100 valence electrons. The average molecular weight is 278 g/mol. The smallest absolute Gasteiger partial charge is 0.304 e. The van der Waals surface area contributed by atoms with Crippen LogP contribution in [0.1, 0.15) is 21.7 Å². The maximum atomic E-state index is 12.0. The summed E-state index contributed by atoms with van der Waals surface area (Å²) in [5.41, 5.74) is 2.73. The van der Waals surface area contributed by atoms with Crippen LogP contribution in [0.5, 0.6) is 0 Å². The summed E-state index contributed by atoms with van der Waals surface area (Å²) in [6.07, 6.45) is 1.53. The van der Waals surface area contributed by atoms with Crippen molar-refractivity contribution in [3.05, 3.63) is 44.3 Å². The second kappa shape index (κ2) is 5.66. The van der Waals surface area contributed by atoms with Crippen LogP contribution >= 0.6 is 11.3 Å². The fourth-order valence-electron chi connectivity index (χ4n) is 1.62. The zero-order valence-corrected chi connectivity index (χ0v) is 11.4. The number of carbonyl (C=O) groups excluding carboxylic acids is 1. The second-order valence-corrected chi connectivity index (χ2v) is 4.82. The van der Waals surface area contributed by atoms with Gasteiger partial charge >= 0.3 is 4.87 Å². The molecule has 0 atom stereocenters. The molecule has 19 heavy (non-hydrogen) atoms. The molecular weight excluding hydrogens is 264 g/mol. The molecule has 0 spiro atoms. The third kappa shape index (κ3) is 3.19. The van der Waals surface area contributed by atoms with Gasteiger partial charge in [-0.25, -0.2) is 0 Å². The minimum Gasteiger partial charge on any atom is -0.387 e. The molecule has 0 unspecified atom stereocenters. The van der Waals surface area contributed by atoms with Gasteiger partial charge in [-0.2, -0.15) is 0 Å². The Morgan fingerprint density at radius 3 is 2.95 bits per heavy atom. The van der Waals surface area contributed by atoms with Gasteiger partial charge in [-0.3, -0.25) is 14.6 Å². The molecule has 2 aromatic heterocycles. The summed E-state index contributed by atoms with van der Waals surface area (Å²) in [6.45, 7) is 2.15. The number of anilines is 1. The van der Waals surface area contributed by atoms with E-state index in [9.17, 15) is 9.59 Å². The van der Waals surface area contributed by atoms with Crippen LogP contribution in [0.15, 0.2) is 22.4 Å². The second-order valence-electron chi connectivity index (χ2n) is 3.98. The highest BCUT2D eigenvalue weighted by atomic mass is 32.1. The van der Waals surface area contributed by atoms with Gasteiger partial charge in [0.2, 0.25) is 0 Å². The van der Waals surface area contributed by atoms with Gasteiger partial charge in [0, 0.05) is 30.0 Å². The van der Waals surface area contributed by atoms with Crippen molar-refractivity contribution in [2.75, 3.05) is 12.4 Å². The van der Waals surface area contributed by atoms with E-state index in [-0.39, 0.29) is 17.3 Å². The van der Waals surface area contributed by atoms with Crippen molar-refractivity contribution in [2.45, 2.75) is 13.5 Å². The first-order valence-corrected chi connectivity index (χ1v) is 6.57. The molecule has 7 heteroatoms. The number of nitrogens with zero attached hydrogens (tertiary/aromatic N) is 1. The fraction of sp³-hybridized carbons (Fsp3) is 0.250. The molecular formula is C12H14N4O2S.